The Balaban J connectivity index is 1.38. The van der Waals surface area contributed by atoms with E-state index in [1.165, 1.54) is 22.6 Å². The number of hydrazone groups is 1. The Morgan fingerprint density at radius 2 is 1.82 bits per heavy atom. The molecule has 1 aromatic carbocycles. The number of urea groups is 1. The monoisotopic (exact) mass is 476 g/mol. The van der Waals surface area contributed by atoms with Crippen LogP contribution in [0.15, 0.2) is 69.7 Å². The first kappa shape index (κ1) is 21.8. The maximum Gasteiger partial charge on any atom is 0.335 e. The molecule has 0 N–H and O–H groups in total. The van der Waals surface area contributed by atoms with E-state index in [1.54, 1.807) is 24.3 Å². The molecule has 0 spiro atoms. The van der Waals surface area contributed by atoms with Crippen LogP contribution in [0, 0.1) is 6.92 Å². The molecule has 0 aliphatic carbocycles. The van der Waals surface area contributed by atoms with Crippen molar-refractivity contribution in [2.75, 3.05) is 6.54 Å². The summed E-state index contributed by atoms with van der Waals surface area (Å²) in [6.45, 7) is 1.38. The minimum absolute atomic E-state index is 0.0137. The van der Waals surface area contributed by atoms with Crippen molar-refractivity contribution in [2.45, 2.75) is 25.9 Å². The minimum atomic E-state index is -1.02. The SMILES string of the molecule is Cc1ccc(C2=NN(C(=O)CN3C(=O)C(=O)N(Cc4cccs4)C3=O)[C@@H](c3ccco3)C2)cc1. The van der Waals surface area contributed by atoms with Crippen molar-refractivity contribution in [1.29, 1.82) is 0 Å². The highest BCUT2D eigenvalue weighted by molar-refractivity contribution is 7.09. The van der Waals surface area contributed by atoms with Crippen LogP contribution in [0.1, 0.15) is 34.2 Å². The Morgan fingerprint density at radius 3 is 2.50 bits per heavy atom. The molecule has 10 heteroatoms. The summed E-state index contributed by atoms with van der Waals surface area (Å²) < 4.78 is 5.53. The Labute approximate surface area is 198 Å². The molecule has 0 bridgehead atoms. The number of hydrogen-bond acceptors (Lipinski definition) is 7. The van der Waals surface area contributed by atoms with Gasteiger partial charge in [-0.2, -0.15) is 5.10 Å². The van der Waals surface area contributed by atoms with Crippen LogP contribution in [0.2, 0.25) is 0 Å². The van der Waals surface area contributed by atoms with Crippen LogP contribution in [0.4, 0.5) is 4.79 Å². The van der Waals surface area contributed by atoms with Crippen LogP contribution in [0.3, 0.4) is 0 Å². The number of benzene rings is 1. The zero-order valence-electron chi connectivity index (χ0n) is 18.2. The Hall–Kier alpha value is -4.05. The lowest BCUT2D eigenvalue weighted by molar-refractivity contribution is -0.145. The number of aryl methyl sites for hydroxylation is 1. The van der Waals surface area contributed by atoms with Gasteiger partial charge < -0.3 is 4.42 Å². The molecule has 2 aromatic heterocycles. The van der Waals surface area contributed by atoms with Crippen molar-refractivity contribution < 1.29 is 23.6 Å². The summed E-state index contributed by atoms with van der Waals surface area (Å²) in [5.41, 5.74) is 2.65. The molecule has 2 aliphatic heterocycles. The summed E-state index contributed by atoms with van der Waals surface area (Å²) in [6.07, 6.45) is 1.92. The van der Waals surface area contributed by atoms with E-state index in [-0.39, 0.29) is 6.54 Å². The van der Waals surface area contributed by atoms with E-state index in [2.05, 4.69) is 5.10 Å². The van der Waals surface area contributed by atoms with Crippen molar-refractivity contribution in [2.24, 2.45) is 5.10 Å². The van der Waals surface area contributed by atoms with E-state index in [0.717, 1.165) is 20.9 Å². The molecule has 5 rings (SSSR count). The highest BCUT2D eigenvalue weighted by atomic mass is 32.1. The van der Waals surface area contributed by atoms with Crippen LogP contribution < -0.4 is 0 Å². The predicted octanol–water partition coefficient (Wildman–Crippen LogP) is 3.32. The van der Waals surface area contributed by atoms with Gasteiger partial charge in [-0.05, 0) is 36.1 Å². The van der Waals surface area contributed by atoms with E-state index >= 15 is 0 Å². The summed E-state index contributed by atoms with van der Waals surface area (Å²) >= 11 is 1.37. The quantitative estimate of drug-likeness (QED) is 0.401. The van der Waals surface area contributed by atoms with Gasteiger partial charge in [-0.25, -0.2) is 14.7 Å². The van der Waals surface area contributed by atoms with Crippen molar-refractivity contribution in [3.05, 3.63) is 81.9 Å². The summed E-state index contributed by atoms with van der Waals surface area (Å²) in [5.74, 6) is -2.02. The fourth-order valence-corrected chi connectivity index (χ4v) is 4.65. The first-order chi connectivity index (χ1) is 16.4. The molecule has 0 radical (unpaired) electrons. The van der Waals surface area contributed by atoms with E-state index in [1.807, 2.05) is 36.6 Å². The standard InChI is InChI=1S/C24H20N4O5S/c1-15-6-8-16(9-7-15)18-12-19(20-5-2-10-33-20)28(25-18)21(29)14-27-23(31)22(30)26(24(27)32)13-17-4-3-11-34-17/h2-11,19H,12-14H2,1H3/t19-/m1/s1. The Bertz CT molecular complexity index is 1280. The van der Waals surface area contributed by atoms with Crippen LogP contribution in [-0.4, -0.2) is 50.8 Å². The third-order valence-corrected chi connectivity index (χ3v) is 6.61. The van der Waals surface area contributed by atoms with Crippen molar-refractivity contribution in [3.8, 4) is 0 Å². The topological polar surface area (TPSA) is 104 Å². The van der Waals surface area contributed by atoms with Crippen LogP contribution in [-0.2, 0) is 20.9 Å². The molecular formula is C24H20N4O5S. The number of thiophene rings is 1. The number of furan rings is 1. The van der Waals surface area contributed by atoms with Crippen molar-refractivity contribution in [1.82, 2.24) is 14.8 Å². The maximum atomic E-state index is 13.3. The lowest BCUT2D eigenvalue weighted by Crippen LogP contribution is -2.41. The molecule has 9 nitrogen and oxygen atoms in total. The van der Waals surface area contributed by atoms with Gasteiger partial charge in [-0.15, -0.1) is 11.3 Å². The first-order valence-corrected chi connectivity index (χ1v) is 11.5. The van der Waals surface area contributed by atoms with Crippen molar-refractivity contribution >= 4 is 40.8 Å². The summed E-state index contributed by atoms with van der Waals surface area (Å²) in [4.78, 5) is 53.3. The largest absolute Gasteiger partial charge is 0.467 e. The average Bonchev–Trinajstić information content (AvgIpc) is 3.62. The number of nitrogens with zero attached hydrogens (tertiary/aromatic N) is 4. The second kappa shape index (κ2) is 8.71. The van der Waals surface area contributed by atoms with Gasteiger partial charge in [-0.1, -0.05) is 35.9 Å². The van der Waals surface area contributed by atoms with Gasteiger partial charge in [0, 0.05) is 11.3 Å². The van der Waals surface area contributed by atoms with Gasteiger partial charge in [0.05, 0.1) is 18.5 Å². The zero-order valence-corrected chi connectivity index (χ0v) is 19.0. The Kier molecular flexibility index (Phi) is 5.58. The molecule has 1 fully saturated rings. The van der Waals surface area contributed by atoms with E-state index < -0.39 is 36.3 Å². The Morgan fingerprint density at radius 1 is 1.06 bits per heavy atom. The lowest BCUT2D eigenvalue weighted by Gasteiger charge is -2.22. The minimum Gasteiger partial charge on any atom is -0.467 e. The molecule has 3 aromatic rings. The molecule has 0 unspecified atom stereocenters. The average molecular weight is 477 g/mol. The fourth-order valence-electron chi connectivity index (χ4n) is 3.96. The lowest BCUT2D eigenvalue weighted by atomic mass is 10.0. The van der Waals surface area contributed by atoms with Crippen molar-refractivity contribution in [3.63, 3.8) is 0 Å². The molecule has 1 saturated heterocycles. The van der Waals surface area contributed by atoms with Gasteiger partial charge in [0.2, 0.25) is 0 Å². The predicted molar refractivity (Wildman–Crippen MR) is 123 cm³/mol. The maximum absolute atomic E-state index is 13.3. The molecule has 2 aliphatic rings. The number of rotatable bonds is 6. The first-order valence-electron chi connectivity index (χ1n) is 10.6. The third-order valence-electron chi connectivity index (χ3n) is 5.74. The second-order valence-corrected chi connectivity index (χ2v) is 9.06. The number of carbonyl (C=O) groups excluding carboxylic acids is 4. The summed E-state index contributed by atoms with van der Waals surface area (Å²) in [7, 11) is 0. The summed E-state index contributed by atoms with van der Waals surface area (Å²) in [6, 6.07) is 13.5. The molecular weight excluding hydrogens is 456 g/mol. The number of hydrogen-bond donors (Lipinski definition) is 0. The van der Waals surface area contributed by atoms with Gasteiger partial charge >= 0.3 is 17.8 Å². The third kappa shape index (κ3) is 3.92. The molecule has 34 heavy (non-hydrogen) atoms. The van der Waals surface area contributed by atoms with E-state index in [0.29, 0.717) is 22.8 Å². The zero-order chi connectivity index (χ0) is 23.8. The molecule has 4 heterocycles. The molecule has 172 valence electrons. The van der Waals surface area contributed by atoms with Gasteiger partial charge in [0.1, 0.15) is 18.3 Å². The van der Waals surface area contributed by atoms with Crippen LogP contribution in [0.5, 0.6) is 0 Å². The molecule has 1 atom stereocenters. The summed E-state index contributed by atoms with van der Waals surface area (Å²) in [5, 5.41) is 7.56. The molecule has 5 amide bonds. The fraction of sp³-hybridized carbons (Fsp3) is 0.208. The van der Waals surface area contributed by atoms with Crippen LogP contribution >= 0.6 is 11.3 Å². The number of carbonyl (C=O) groups is 4. The number of imide groups is 2. The normalized spacial score (nSPS) is 18.3. The van der Waals surface area contributed by atoms with E-state index in [9.17, 15) is 19.2 Å². The second-order valence-electron chi connectivity index (χ2n) is 8.03. The number of amides is 5. The van der Waals surface area contributed by atoms with E-state index in [4.69, 9.17) is 4.42 Å². The van der Waals surface area contributed by atoms with Gasteiger partial charge in [0.15, 0.2) is 0 Å². The van der Waals surface area contributed by atoms with Gasteiger partial charge in [0.25, 0.3) is 5.91 Å². The molecule has 0 saturated carbocycles. The smallest absolute Gasteiger partial charge is 0.335 e. The van der Waals surface area contributed by atoms with Crippen LogP contribution in [0.25, 0.3) is 0 Å². The highest BCUT2D eigenvalue weighted by Gasteiger charge is 2.46. The highest BCUT2D eigenvalue weighted by Crippen LogP contribution is 2.33. The van der Waals surface area contributed by atoms with Gasteiger partial charge in [-0.3, -0.25) is 19.3 Å².